The Hall–Kier alpha value is -1.07. The van der Waals surface area contributed by atoms with E-state index in [-0.39, 0.29) is 0 Å². The molecule has 2 rings (SSSR count). The maximum atomic E-state index is 5.25. The van der Waals surface area contributed by atoms with Crippen molar-refractivity contribution in [3.63, 3.8) is 0 Å². The van der Waals surface area contributed by atoms with Crippen LogP contribution < -0.4 is 5.32 Å². The van der Waals surface area contributed by atoms with Crippen LogP contribution in [0.4, 0.5) is 0 Å². The van der Waals surface area contributed by atoms with Crippen LogP contribution in [-0.2, 0) is 4.74 Å². The van der Waals surface area contributed by atoms with Crippen LogP contribution in [0.2, 0.25) is 0 Å². The number of nitrogens with one attached hydrogen (secondary N) is 1. The molecule has 2 atom stereocenters. The molecule has 0 saturated carbocycles. The van der Waals surface area contributed by atoms with E-state index in [1.54, 1.807) is 18.4 Å². The quantitative estimate of drug-likeness (QED) is 0.669. The molecule has 1 aliphatic rings. The highest BCUT2D eigenvalue weighted by molar-refractivity contribution is 7.07. The Morgan fingerprint density at radius 2 is 2.50 bits per heavy atom. The molecule has 0 amide bonds. The van der Waals surface area contributed by atoms with Crippen LogP contribution in [0.25, 0.3) is 0 Å². The molecule has 1 N–H and O–H groups in total. The van der Waals surface area contributed by atoms with Crippen LogP contribution in [0.5, 0.6) is 0 Å². The molecule has 4 nitrogen and oxygen atoms in total. The predicted octanol–water partition coefficient (Wildman–Crippen LogP) is 2.40. The number of methoxy groups -OCH3 is 1. The third kappa shape index (κ3) is 3.96. The summed E-state index contributed by atoms with van der Waals surface area (Å²) in [5.41, 5.74) is 1.40. The van der Waals surface area contributed by atoms with Gasteiger partial charge < -0.3 is 15.0 Å². The Morgan fingerprint density at radius 1 is 1.65 bits per heavy atom. The average molecular weight is 295 g/mol. The van der Waals surface area contributed by atoms with Crippen LogP contribution in [-0.4, -0.2) is 51.3 Å². The molecule has 1 aromatic rings. The Bertz CT molecular complexity index is 419. The van der Waals surface area contributed by atoms with Gasteiger partial charge in [0.25, 0.3) is 0 Å². The van der Waals surface area contributed by atoms with Gasteiger partial charge >= 0.3 is 0 Å². The largest absolute Gasteiger partial charge is 0.384 e. The summed E-state index contributed by atoms with van der Waals surface area (Å²) < 4.78 is 5.25. The second-order valence-electron chi connectivity index (χ2n) is 5.44. The maximum absolute atomic E-state index is 5.25. The molecule has 1 fully saturated rings. The van der Waals surface area contributed by atoms with E-state index in [0.717, 1.165) is 32.2 Å². The topological polar surface area (TPSA) is 36.9 Å². The summed E-state index contributed by atoms with van der Waals surface area (Å²) in [5.74, 6) is 2.16. The number of hydrogen-bond donors (Lipinski definition) is 1. The summed E-state index contributed by atoms with van der Waals surface area (Å²) in [5, 5.41) is 7.86. The molecule has 112 valence electrons. The van der Waals surface area contributed by atoms with E-state index in [9.17, 15) is 0 Å². The fourth-order valence-corrected chi connectivity index (χ4v) is 3.43. The molecule has 0 spiro atoms. The number of rotatable bonds is 5. The number of nitrogens with zero attached hydrogens (tertiary/aromatic N) is 2. The number of thiophene rings is 1. The van der Waals surface area contributed by atoms with Crippen LogP contribution in [0.15, 0.2) is 21.8 Å². The average Bonchev–Trinajstić information content (AvgIpc) is 3.11. The first-order valence-corrected chi connectivity index (χ1v) is 8.15. The summed E-state index contributed by atoms with van der Waals surface area (Å²) in [6.45, 7) is 6.13. The van der Waals surface area contributed by atoms with Crippen molar-refractivity contribution in [1.29, 1.82) is 0 Å². The van der Waals surface area contributed by atoms with Gasteiger partial charge in [0.2, 0.25) is 0 Å². The van der Waals surface area contributed by atoms with Crippen molar-refractivity contribution in [2.75, 3.05) is 40.4 Å². The van der Waals surface area contributed by atoms with Crippen LogP contribution in [0.1, 0.15) is 24.8 Å². The number of ether oxygens (including phenoxy) is 1. The van der Waals surface area contributed by atoms with Gasteiger partial charge in [0.15, 0.2) is 5.96 Å². The molecule has 0 radical (unpaired) electrons. The minimum atomic E-state index is 0.510. The first-order chi connectivity index (χ1) is 9.74. The van der Waals surface area contributed by atoms with Gasteiger partial charge in [-0.2, -0.15) is 11.3 Å². The van der Waals surface area contributed by atoms with Crippen molar-refractivity contribution in [2.24, 2.45) is 10.9 Å². The van der Waals surface area contributed by atoms with Crippen LogP contribution in [0.3, 0.4) is 0 Å². The van der Waals surface area contributed by atoms with Gasteiger partial charge in [-0.05, 0) is 34.7 Å². The van der Waals surface area contributed by atoms with Crippen LogP contribution in [0, 0.1) is 5.92 Å². The summed E-state index contributed by atoms with van der Waals surface area (Å²) in [6.07, 6.45) is 1.19. The van der Waals surface area contributed by atoms with Crippen molar-refractivity contribution >= 4 is 17.3 Å². The minimum Gasteiger partial charge on any atom is -0.384 e. The summed E-state index contributed by atoms with van der Waals surface area (Å²) in [4.78, 5) is 6.75. The van der Waals surface area contributed by atoms with Crippen molar-refractivity contribution in [3.05, 3.63) is 22.4 Å². The zero-order valence-electron chi connectivity index (χ0n) is 12.6. The Morgan fingerprint density at radius 3 is 3.15 bits per heavy atom. The number of guanidine groups is 1. The summed E-state index contributed by atoms with van der Waals surface area (Å²) >= 11 is 1.76. The van der Waals surface area contributed by atoms with Crippen molar-refractivity contribution in [1.82, 2.24) is 10.2 Å². The Balaban J connectivity index is 1.81. The van der Waals surface area contributed by atoms with Gasteiger partial charge in [-0.25, -0.2) is 0 Å². The van der Waals surface area contributed by atoms with E-state index in [1.165, 1.54) is 12.0 Å². The molecular weight excluding hydrogens is 270 g/mol. The number of hydrogen-bond acceptors (Lipinski definition) is 3. The van der Waals surface area contributed by atoms with E-state index in [4.69, 9.17) is 4.74 Å². The molecule has 1 aliphatic heterocycles. The van der Waals surface area contributed by atoms with Gasteiger partial charge in [-0.1, -0.05) is 6.92 Å². The normalized spacial score (nSPS) is 21.2. The molecular formula is C15H25N3OS. The highest BCUT2D eigenvalue weighted by Gasteiger charge is 2.24. The van der Waals surface area contributed by atoms with Crippen LogP contribution >= 0.6 is 11.3 Å². The molecule has 0 aromatic carbocycles. The maximum Gasteiger partial charge on any atom is 0.193 e. The van der Waals surface area contributed by atoms with E-state index < -0.39 is 0 Å². The highest BCUT2D eigenvalue weighted by atomic mass is 32.1. The monoisotopic (exact) mass is 295 g/mol. The lowest BCUT2D eigenvalue weighted by Gasteiger charge is -2.23. The lowest BCUT2D eigenvalue weighted by atomic mass is 10.1. The zero-order valence-corrected chi connectivity index (χ0v) is 13.4. The lowest BCUT2D eigenvalue weighted by Crippen LogP contribution is -2.41. The molecule has 2 unspecified atom stereocenters. The van der Waals surface area contributed by atoms with E-state index >= 15 is 0 Å². The smallest absolute Gasteiger partial charge is 0.193 e. The third-order valence-corrected chi connectivity index (χ3v) is 4.58. The fourth-order valence-electron chi connectivity index (χ4n) is 2.65. The molecule has 1 saturated heterocycles. The van der Waals surface area contributed by atoms with Crippen molar-refractivity contribution in [2.45, 2.75) is 19.3 Å². The minimum absolute atomic E-state index is 0.510. The van der Waals surface area contributed by atoms with Crippen molar-refractivity contribution in [3.8, 4) is 0 Å². The number of likely N-dealkylation sites (tertiary alicyclic amines) is 1. The SMILES string of the molecule is CN=C(NCC(C)c1ccsc1)N1CCC(COC)C1. The van der Waals surface area contributed by atoms with Gasteiger partial charge in [0.1, 0.15) is 0 Å². The molecule has 5 heteroatoms. The van der Waals surface area contributed by atoms with Gasteiger partial charge in [0, 0.05) is 39.7 Å². The highest BCUT2D eigenvalue weighted by Crippen LogP contribution is 2.19. The molecule has 2 heterocycles. The second-order valence-corrected chi connectivity index (χ2v) is 6.22. The molecule has 0 bridgehead atoms. The van der Waals surface area contributed by atoms with E-state index in [1.807, 2.05) is 7.05 Å². The predicted molar refractivity (Wildman–Crippen MR) is 85.7 cm³/mol. The Labute approximate surface area is 125 Å². The third-order valence-electron chi connectivity index (χ3n) is 3.88. The fraction of sp³-hybridized carbons (Fsp3) is 0.667. The number of aliphatic imine (C=N–C) groups is 1. The zero-order chi connectivity index (χ0) is 14.4. The molecule has 20 heavy (non-hydrogen) atoms. The van der Waals surface area contributed by atoms with Crippen molar-refractivity contribution < 1.29 is 4.74 Å². The van der Waals surface area contributed by atoms with E-state index in [0.29, 0.717) is 11.8 Å². The van der Waals surface area contributed by atoms with Gasteiger partial charge in [-0.3, -0.25) is 4.99 Å². The Kier molecular flexibility index (Phi) is 5.86. The second kappa shape index (κ2) is 7.64. The molecule has 1 aromatic heterocycles. The summed E-state index contributed by atoms with van der Waals surface area (Å²) in [6, 6.07) is 2.20. The first kappa shape index (κ1) is 15.3. The van der Waals surface area contributed by atoms with Gasteiger partial charge in [-0.15, -0.1) is 0 Å². The lowest BCUT2D eigenvalue weighted by molar-refractivity contribution is 0.157. The first-order valence-electron chi connectivity index (χ1n) is 7.21. The molecule has 0 aliphatic carbocycles. The van der Waals surface area contributed by atoms with E-state index in [2.05, 4.69) is 39.0 Å². The standard InChI is InChI=1S/C15H25N3OS/c1-12(14-5-7-20-11-14)8-17-15(16-2)18-6-4-13(9-18)10-19-3/h5,7,11-13H,4,6,8-10H2,1-3H3,(H,16,17). The summed E-state index contributed by atoms with van der Waals surface area (Å²) in [7, 11) is 3.64. The van der Waals surface area contributed by atoms with Gasteiger partial charge in [0.05, 0.1) is 6.61 Å².